The van der Waals surface area contributed by atoms with Gasteiger partial charge >= 0.3 is 0 Å². The predicted octanol–water partition coefficient (Wildman–Crippen LogP) is 0.605. The van der Waals surface area contributed by atoms with Crippen LogP contribution in [0, 0.1) is 0 Å². The largest absolute Gasteiger partial charge is 0.330 e. The molecule has 0 aliphatic carbocycles. The molecule has 0 radical (unpaired) electrons. The van der Waals surface area contributed by atoms with E-state index >= 15 is 0 Å². The Hall–Kier alpha value is -1.40. The molecule has 0 amide bonds. The molecule has 0 bridgehead atoms. The Balaban J connectivity index is 2.04. The summed E-state index contributed by atoms with van der Waals surface area (Å²) in [5.74, 6) is 0.852. The van der Waals surface area contributed by atoms with Crippen LogP contribution in [0.4, 0.5) is 0 Å². The molecule has 0 unspecified atom stereocenters. The van der Waals surface area contributed by atoms with Crippen LogP contribution in [0.5, 0.6) is 0 Å². The first-order valence-corrected chi connectivity index (χ1v) is 5.83. The Labute approximate surface area is 104 Å². The highest BCUT2D eigenvalue weighted by molar-refractivity contribution is 6.29. The van der Waals surface area contributed by atoms with Crippen LogP contribution >= 0.6 is 11.6 Å². The zero-order chi connectivity index (χ0) is 12.3. The lowest BCUT2D eigenvalue weighted by Gasteiger charge is -2.01. The average Bonchev–Trinajstić information content (AvgIpc) is 2.89. The summed E-state index contributed by atoms with van der Waals surface area (Å²) in [6.45, 7) is 1.24. The van der Waals surface area contributed by atoms with Crippen molar-refractivity contribution in [2.24, 2.45) is 12.8 Å². The number of aromatic nitrogens is 5. The fourth-order valence-corrected chi connectivity index (χ4v) is 1.68. The normalized spacial score (nSPS) is 11.0. The number of halogens is 1. The van der Waals surface area contributed by atoms with Gasteiger partial charge in [-0.3, -0.25) is 0 Å². The smallest absolute Gasteiger partial charge is 0.131 e. The third kappa shape index (κ3) is 2.83. The second kappa shape index (κ2) is 5.29. The van der Waals surface area contributed by atoms with Crippen LogP contribution in [0.3, 0.4) is 0 Å². The number of rotatable bonds is 5. The van der Waals surface area contributed by atoms with Crippen molar-refractivity contribution in [1.29, 1.82) is 0 Å². The van der Waals surface area contributed by atoms with Crippen molar-refractivity contribution in [2.45, 2.75) is 19.4 Å². The summed E-state index contributed by atoms with van der Waals surface area (Å²) < 4.78 is 3.58. The molecule has 0 fully saturated rings. The molecule has 0 atom stereocenters. The number of nitrogens with zero attached hydrogens (tertiary/aromatic N) is 5. The highest BCUT2D eigenvalue weighted by Crippen LogP contribution is 2.10. The topological polar surface area (TPSA) is 74.5 Å². The molecular weight excluding hydrogens is 240 g/mol. The second-order valence-corrected chi connectivity index (χ2v) is 4.24. The van der Waals surface area contributed by atoms with Crippen molar-refractivity contribution in [1.82, 2.24) is 24.5 Å². The van der Waals surface area contributed by atoms with Gasteiger partial charge in [0.2, 0.25) is 0 Å². The van der Waals surface area contributed by atoms with Gasteiger partial charge in [0.05, 0.1) is 11.9 Å². The van der Waals surface area contributed by atoms with E-state index in [0.29, 0.717) is 18.2 Å². The van der Waals surface area contributed by atoms with Crippen molar-refractivity contribution >= 4 is 11.6 Å². The van der Waals surface area contributed by atoms with Gasteiger partial charge in [-0.15, -0.1) is 5.10 Å². The molecule has 2 heterocycles. The van der Waals surface area contributed by atoms with E-state index in [1.165, 1.54) is 0 Å². The van der Waals surface area contributed by atoms with E-state index in [2.05, 4.69) is 15.3 Å². The number of hydrogen-bond donors (Lipinski definition) is 1. The monoisotopic (exact) mass is 254 g/mol. The Bertz CT molecular complexity index is 489. The van der Waals surface area contributed by atoms with E-state index in [1.807, 2.05) is 17.8 Å². The molecule has 6 nitrogen and oxygen atoms in total. The second-order valence-electron chi connectivity index (χ2n) is 3.86. The summed E-state index contributed by atoms with van der Waals surface area (Å²) in [7, 11) is 1.87. The lowest BCUT2D eigenvalue weighted by molar-refractivity contribution is 0.607. The van der Waals surface area contributed by atoms with Gasteiger partial charge in [0.25, 0.3) is 0 Å². The Morgan fingerprint density at radius 1 is 1.47 bits per heavy atom. The lowest BCUT2D eigenvalue weighted by Crippen LogP contribution is -2.06. The van der Waals surface area contributed by atoms with Crippen molar-refractivity contribution in [2.75, 3.05) is 6.54 Å². The Kier molecular flexibility index (Phi) is 3.75. The van der Waals surface area contributed by atoms with Crippen LogP contribution in [-0.4, -0.2) is 31.1 Å². The van der Waals surface area contributed by atoms with Gasteiger partial charge in [-0.1, -0.05) is 16.8 Å². The minimum atomic E-state index is 0.568. The highest BCUT2D eigenvalue weighted by atomic mass is 35.5. The molecule has 0 aliphatic rings. The van der Waals surface area contributed by atoms with Crippen molar-refractivity contribution in [3.63, 3.8) is 0 Å². The first-order chi connectivity index (χ1) is 8.20. The fraction of sp³-hybridized carbons (Fsp3) is 0.500. The van der Waals surface area contributed by atoms with E-state index in [0.717, 1.165) is 24.4 Å². The van der Waals surface area contributed by atoms with E-state index in [-0.39, 0.29) is 0 Å². The van der Waals surface area contributed by atoms with Crippen molar-refractivity contribution in [3.8, 4) is 0 Å². The highest BCUT2D eigenvalue weighted by Gasteiger charge is 2.07. The first-order valence-electron chi connectivity index (χ1n) is 5.46. The molecular formula is C10H15ClN6. The van der Waals surface area contributed by atoms with Crippen molar-refractivity contribution in [3.05, 3.63) is 29.1 Å². The Morgan fingerprint density at radius 3 is 2.94 bits per heavy atom. The van der Waals surface area contributed by atoms with Gasteiger partial charge in [0.15, 0.2) is 0 Å². The zero-order valence-corrected chi connectivity index (χ0v) is 10.4. The average molecular weight is 255 g/mol. The fourth-order valence-electron chi connectivity index (χ4n) is 1.53. The summed E-state index contributed by atoms with van der Waals surface area (Å²) in [4.78, 5) is 4.20. The maximum atomic E-state index is 5.91. The van der Waals surface area contributed by atoms with Gasteiger partial charge in [0.1, 0.15) is 17.5 Å². The SMILES string of the molecule is Cn1c(Cl)cnc1Cn1cc(CCCN)nn1. The standard InChI is InChI=1S/C10H15ClN6/c1-16-9(11)5-13-10(16)7-17-6-8(14-15-17)3-2-4-12/h5-6H,2-4,7,12H2,1H3. The zero-order valence-electron chi connectivity index (χ0n) is 9.67. The van der Waals surface area contributed by atoms with E-state index in [9.17, 15) is 0 Å². The maximum Gasteiger partial charge on any atom is 0.131 e. The van der Waals surface area contributed by atoms with Crippen LogP contribution in [0.25, 0.3) is 0 Å². The molecule has 2 aromatic heterocycles. The third-order valence-corrected chi connectivity index (χ3v) is 2.91. The molecule has 17 heavy (non-hydrogen) atoms. The summed E-state index contributed by atoms with van der Waals surface area (Å²) in [6.07, 6.45) is 5.33. The molecule has 0 spiro atoms. The maximum absolute atomic E-state index is 5.91. The molecule has 2 N–H and O–H groups in total. The van der Waals surface area contributed by atoms with E-state index < -0.39 is 0 Å². The van der Waals surface area contributed by atoms with Crippen LogP contribution < -0.4 is 5.73 Å². The minimum Gasteiger partial charge on any atom is -0.330 e. The van der Waals surface area contributed by atoms with Crippen molar-refractivity contribution < 1.29 is 0 Å². The summed E-state index contributed by atoms with van der Waals surface area (Å²) in [5, 5.41) is 8.73. The molecule has 0 saturated carbocycles. The minimum absolute atomic E-state index is 0.568. The molecule has 2 aromatic rings. The third-order valence-electron chi connectivity index (χ3n) is 2.55. The van der Waals surface area contributed by atoms with E-state index in [1.54, 1.807) is 10.9 Å². The number of aryl methyl sites for hydroxylation is 1. The quantitative estimate of drug-likeness (QED) is 0.848. The lowest BCUT2D eigenvalue weighted by atomic mass is 10.2. The molecule has 92 valence electrons. The van der Waals surface area contributed by atoms with Gasteiger partial charge < -0.3 is 10.3 Å². The molecule has 0 saturated heterocycles. The number of imidazole rings is 1. The van der Waals surface area contributed by atoms with Gasteiger partial charge in [-0.25, -0.2) is 9.67 Å². The number of hydrogen-bond acceptors (Lipinski definition) is 4. The molecule has 0 aromatic carbocycles. The van der Waals surface area contributed by atoms with Crippen LogP contribution in [-0.2, 0) is 20.0 Å². The van der Waals surface area contributed by atoms with Crippen LogP contribution in [0.2, 0.25) is 5.15 Å². The molecule has 0 aliphatic heterocycles. The molecule has 2 rings (SSSR count). The van der Waals surface area contributed by atoms with Gasteiger partial charge in [-0.2, -0.15) is 0 Å². The predicted molar refractivity (Wildman–Crippen MR) is 64.7 cm³/mol. The number of nitrogens with two attached hydrogens (primary N) is 1. The molecule has 7 heteroatoms. The summed E-state index contributed by atoms with van der Waals surface area (Å²) >= 11 is 5.91. The summed E-state index contributed by atoms with van der Waals surface area (Å²) in [5.41, 5.74) is 6.40. The van der Waals surface area contributed by atoms with Gasteiger partial charge in [0, 0.05) is 13.2 Å². The first kappa shape index (κ1) is 12.1. The summed E-state index contributed by atoms with van der Waals surface area (Å²) in [6, 6.07) is 0. The van der Waals surface area contributed by atoms with E-state index in [4.69, 9.17) is 17.3 Å². The Morgan fingerprint density at radius 2 is 2.29 bits per heavy atom. The van der Waals surface area contributed by atoms with Crippen LogP contribution in [0.1, 0.15) is 17.9 Å². The van der Waals surface area contributed by atoms with Gasteiger partial charge in [-0.05, 0) is 19.4 Å². The van der Waals surface area contributed by atoms with Crippen LogP contribution in [0.15, 0.2) is 12.4 Å².